The summed E-state index contributed by atoms with van der Waals surface area (Å²) < 4.78 is 5.41. The van der Waals surface area contributed by atoms with E-state index in [1.165, 1.54) is 12.8 Å². The quantitative estimate of drug-likeness (QED) is 0.539. The molecule has 2 atom stereocenters. The van der Waals surface area contributed by atoms with Gasteiger partial charge in [-0.2, -0.15) is 0 Å². The van der Waals surface area contributed by atoms with Gasteiger partial charge in [0.2, 0.25) is 0 Å². The molecule has 1 radical (unpaired) electrons. The van der Waals surface area contributed by atoms with Gasteiger partial charge in [-0.25, -0.2) is 5.32 Å². The largest absolute Gasteiger partial charge is 0.377 e. The highest BCUT2D eigenvalue weighted by molar-refractivity contribution is 4.74. The van der Waals surface area contributed by atoms with Crippen molar-refractivity contribution < 1.29 is 4.74 Å². The molecule has 53 valence electrons. The number of hydrogen-bond donors (Lipinski definition) is 0. The number of nitrogens with zero attached hydrogens (tertiary/aromatic N) is 1. The first-order chi connectivity index (χ1) is 4.34. The molecule has 1 saturated heterocycles. The van der Waals surface area contributed by atoms with Crippen LogP contribution in [0.3, 0.4) is 0 Å². The SMILES string of the molecule is C[N]C(C)C1CCCO1. The summed E-state index contributed by atoms with van der Waals surface area (Å²) in [6.07, 6.45) is 2.82. The van der Waals surface area contributed by atoms with E-state index >= 15 is 0 Å². The van der Waals surface area contributed by atoms with Gasteiger partial charge in [0.05, 0.1) is 6.10 Å². The van der Waals surface area contributed by atoms with Crippen molar-refractivity contribution in [2.24, 2.45) is 0 Å². The fourth-order valence-corrected chi connectivity index (χ4v) is 1.15. The van der Waals surface area contributed by atoms with E-state index in [4.69, 9.17) is 4.74 Å². The van der Waals surface area contributed by atoms with Crippen molar-refractivity contribution >= 4 is 0 Å². The molecule has 0 aliphatic carbocycles. The van der Waals surface area contributed by atoms with Crippen molar-refractivity contribution in [3.8, 4) is 0 Å². The van der Waals surface area contributed by atoms with Crippen LogP contribution in [0.25, 0.3) is 0 Å². The first-order valence-corrected chi connectivity index (χ1v) is 3.55. The van der Waals surface area contributed by atoms with Crippen molar-refractivity contribution in [1.82, 2.24) is 5.32 Å². The van der Waals surface area contributed by atoms with Gasteiger partial charge in [-0.05, 0) is 19.8 Å². The first-order valence-electron chi connectivity index (χ1n) is 3.55. The molecule has 0 amide bonds. The van der Waals surface area contributed by atoms with E-state index in [2.05, 4.69) is 12.2 Å². The topological polar surface area (TPSA) is 23.3 Å². The van der Waals surface area contributed by atoms with Crippen LogP contribution in [0.1, 0.15) is 19.8 Å². The molecule has 2 unspecified atom stereocenters. The van der Waals surface area contributed by atoms with E-state index in [0.717, 1.165) is 6.61 Å². The molecule has 1 heterocycles. The van der Waals surface area contributed by atoms with Crippen molar-refractivity contribution in [2.45, 2.75) is 31.9 Å². The van der Waals surface area contributed by atoms with Gasteiger partial charge < -0.3 is 4.74 Å². The Bertz CT molecular complexity index is 79.0. The highest BCUT2D eigenvalue weighted by Gasteiger charge is 2.20. The van der Waals surface area contributed by atoms with Crippen LogP contribution < -0.4 is 5.32 Å². The summed E-state index contributed by atoms with van der Waals surface area (Å²) >= 11 is 0. The Kier molecular flexibility index (Phi) is 2.49. The smallest absolute Gasteiger partial charge is 0.0742 e. The fraction of sp³-hybridized carbons (Fsp3) is 1.00. The second-order valence-electron chi connectivity index (χ2n) is 2.55. The van der Waals surface area contributed by atoms with Crippen LogP contribution in [0.2, 0.25) is 0 Å². The van der Waals surface area contributed by atoms with Gasteiger partial charge in [0.15, 0.2) is 0 Å². The number of ether oxygens (including phenoxy) is 1. The van der Waals surface area contributed by atoms with Crippen molar-refractivity contribution in [3.05, 3.63) is 0 Å². The summed E-state index contributed by atoms with van der Waals surface area (Å²) in [6.45, 7) is 3.04. The predicted octanol–water partition coefficient (Wildman–Crippen LogP) is 0.788. The lowest BCUT2D eigenvalue weighted by Gasteiger charge is -2.15. The maximum Gasteiger partial charge on any atom is 0.0742 e. The molecule has 1 aliphatic rings. The lowest BCUT2D eigenvalue weighted by molar-refractivity contribution is 0.0851. The minimum atomic E-state index is 0.396. The standard InChI is InChI=1S/C7H14NO/c1-6(8-2)7-4-3-5-9-7/h6-7H,3-5H2,1-2H3. The Hall–Kier alpha value is -0.0800. The minimum absolute atomic E-state index is 0.396. The predicted molar refractivity (Wildman–Crippen MR) is 36.5 cm³/mol. The Balaban J connectivity index is 2.24. The zero-order chi connectivity index (χ0) is 6.69. The summed E-state index contributed by atoms with van der Waals surface area (Å²) in [4.78, 5) is 0. The molecule has 2 heteroatoms. The van der Waals surface area contributed by atoms with Crippen LogP contribution in [0.15, 0.2) is 0 Å². The molecular formula is C7H14NO. The molecule has 1 fully saturated rings. The third kappa shape index (κ3) is 1.66. The third-order valence-electron chi connectivity index (χ3n) is 1.91. The molecule has 0 aromatic heterocycles. The van der Waals surface area contributed by atoms with Crippen LogP contribution in [-0.4, -0.2) is 25.8 Å². The molecule has 0 bridgehead atoms. The summed E-state index contributed by atoms with van der Waals surface area (Å²) in [7, 11) is 1.85. The minimum Gasteiger partial charge on any atom is -0.377 e. The third-order valence-corrected chi connectivity index (χ3v) is 1.91. The Morgan fingerprint density at radius 3 is 2.89 bits per heavy atom. The van der Waals surface area contributed by atoms with E-state index in [0.29, 0.717) is 12.1 Å². The Labute approximate surface area is 56.6 Å². The first kappa shape index (κ1) is 7.03. The number of likely N-dealkylation sites (N-methyl/N-ethyl adjacent to an activating group) is 1. The lowest BCUT2D eigenvalue weighted by Crippen LogP contribution is -2.29. The van der Waals surface area contributed by atoms with E-state index < -0.39 is 0 Å². The average Bonchev–Trinajstić information content (AvgIpc) is 2.37. The molecule has 0 saturated carbocycles. The van der Waals surface area contributed by atoms with E-state index in [9.17, 15) is 0 Å². The molecule has 1 aliphatic heterocycles. The zero-order valence-electron chi connectivity index (χ0n) is 6.13. The van der Waals surface area contributed by atoms with Crippen LogP contribution in [0, 0.1) is 0 Å². The van der Waals surface area contributed by atoms with Crippen molar-refractivity contribution in [1.29, 1.82) is 0 Å². The Morgan fingerprint density at radius 2 is 2.44 bits per heavy atom. The van der Waals surface area contributed by atoms with Gasteiger partial charge in [0.1, 0.15) is 0 Å². The summed E-state index contributed by atoms with van der Waals surface area (Å²) in [6, 6.07) is 0.396. The van der Waals surface area contributed by atoms with E-state index in [1.807, 2.05) is 7.05 Å². The molecule has 2 nitrogen and oxygen atoms in total. The number of rotatable bonds is 2. The monoisotopic (exact) mass is 128 g/mol. The molecule has 9 heavy (non-hydrogen) atoms. The highest BCUT2D eigenvalue weighted by Crippen LogP contribution is 2.15. The average molecular weight is 128 g/mol. The van der Waals surface area contributed by atoms with Crippen molar-refractivity contribution in [2.75, 3.05) is 13.7 Å². The maximum atomic E-state index is 5.41. The lowest BCUT2D eigenvalue weighted by atomic mass is 10.1. The normalized spacial score (nSPS) is 30.7. The van der Waals surface area contributed by atoms with Gasteiger partial charge in [0.25, 0.3) is 0 Å². The summed E-state index contributed by atoms with van der Waals surface area (Å²) in [5.41, 5.74) is 0. The molecule has 0 spiro atoms. The second-order valence-corrected chi connectivity index (χ2v) is 2.55. The van der Waals surface area contributed by atoms with Crippen LogP contribution in [-0.2, 0) is 4.74 Å². The maximum absolute atomic E-state index is 5.41. The molecule has 0 aromatic carbocycles. The summed E-state index contributed by atoms with van der Waals surface area (Å²) in [5, 5.41) is 4.15. The van der Waals surface area contributed by atoms with Gasteiger partial charge in [-0.1, -0.05) is 0 Å². The van der Waals surface area contributed by atoms with Gasteiger partial charge in [-0.3, -0.25) is 0 Å². The number of hydrogen-bond acceptors (Lipinski definition) is 1. The van der Waals surface area contributed by atoms with Crippen molar-refractivity contribution in [3.63, 3.8) is 0 Å². The Morgan fingerprint density at radius 1 is 1.67 bits per heavy atom. The molecule has 1 rings (SSSR count). The van der Waals surface area contributed by atoms with Gasteiger partial charge in [0, 0.05) is 19.7 Å². The summed E-state index contributed by atoms with van der Waals surface area (Å²) in [5.74, 6) is 0. The van der Waals surface area contributed by atoms with E-state index in [1.54, 1.807) is 0 Å². The zero-order valence-corrected chi connectivity index (χ0v) is 6.13. The van der Waals surface area contributed by atoms with E-state index in [-0.39, 0.29) is 0 Å². The molecular weight excluding hydrogens is 114 g/mol. The van der Waals surface area contributed by atoms with Crippen LogP contribution in [0.4, 0.5) is 0 Å². The van der Waals surface area contributed by atoms with Gasteiger partial charge in [-0.15, -0.1) is 0 Å². The highest BCUT2D eigenvalue weighted by atomic mass is 16.5. The second kappa shape index (κ2) is 3.18. The van der Waals surface area contributed by atoms with Crippen LogP contribution >= 0.6 is 0 Å². The fourth-order valence-electron chi connectivity index (χ4n) is 1.15. The molecule has 0 aromatic rings. The molecule has 0 N–H and O–H groups in total. The van der Waals surface area contributed by atoms with Gasteiger partial charge >= 0.3 is 0 Å². The van der Waals surface area contributed by atoms with Crippen LogP contribution in [0.5, 0.6) is 0 Å².